The summed E-state index contributed by atoms with van der Waals surface area (Å²) in [5.74, 6) is -2.77. The molecule has 2 amide bonds. The molecule has 1 atom stereocenters. The van der Waals surface area contributed by atoms with Gasteiger partial charge in [0.25, 0.3) is 31.9 Å². The zero-order chi connectivity index (χ0) is 33.5. The van der Waals surface area contributed by atoms with Gasteiger partial charge in [-0.25, -0.2) is 25.9 Å². The first-order chi connectivity index (χ1) is 21.3. The van der Waals surface area contributed by atoms with Gasteiger partial charge >= 0.3 is 0 Å². The first-order valence-electron chi connectivity index (χ1n) is 15.8. The average Bonchev–Trinajstić information content (AvgIpc) is 2.98. The van der Waals surface area contributed by atoms with E-state index >= 15 is 0 Å². The quantitative estimate of drug-likeness (QED) is 0.126. The van der Waals surface area contributed by atoms with Gasteiger partial charge in [0.15, 0.2) is 5.78 Å². The van der Waals surface area contributed by atoms with Crippen LogP contribution in [0.15, 0.2) is 70.5 Å². The normalized spacial score (nSPS) is 12.6. The van der Waals surface area contributed by atoms with Gasteiger partial charge in [-0.1, -0.05) is 113 Å². The Morgan fingerprint density at radius 2 is 1.13 bits per heavy atom. The molecule has 0 spiro atoms. The molecule has 0 bridgehead atoms. The molecular weight excluding hydrogens is 613 g/mol. The standard InChI is InChI=1S/C34H48N2O7S2/c1-5-6-7-8-9-10-11-12-13-14-15-16-32(29(4)37)36(45(42,43)31-23-19-28(3)20-24-31)34(39)26-25-33(38)35-44(40,41)30-21-17-27(2)18-22-30/h17-26,32H,5-16H2,1-4H3,(H,35,38)/b26-25-. The lowest BCUT2D eigenvalue weighted by atomic mass is 10.0. The van der Waals surface area contributed by atoms with Crippen LogP contribution in [-0.2, 0) is 34.4 Å². The number of sulfonamides is 2. The first kappa shape index (κ1) is 37.9. The highest BCUT2D eigenvalue weighted by Gasteiger charge is 2.37. The Balaban J connectivity index is 2.16. The Hall–Kier alpha value is -3.31. The number of hydrogen-bond donors (Lipinski definition) is 1. The molecule has 45 heavy (non-hydrogen) atoms. The van der Waals surface area contributed by atoms with Crippen LogP contribution in [0.1, 0.15) is 102 Å². The number of nitrogens with one attached hydrogen (secondary N) is 1. The van der Waals surface area contributed by atoms with E-state index in [1.807, 2.05) is 4.72 Å². The minimum atomic E-state index is -4.49. The smallest absolute Gasteiger partial charge is 0.267 e. The predicted octanol–water partition coefficient (Wildman–Crippen LogP) is 6.54. The van der Waals surface area contributed by atoms with Crippen molar-refractivity contribution in [2.24, 2.45) is 0 Å². The number of benzene rings is 2. The highest BCUT2D eigenvalue weighted by atomic mass is 32.2. The third kappa shape index (κ3) is 12.5. The molecule has 0 saturated heterocycles. The van der Waals surface area contributed by atoms with E-state index in [2.05, 4.69) is 6.92 Å². The van der Waals surface area contributed by atoms with E-state index in [9.17, 15) is 31.2 Å². The van der Waals surface area contributed by atoms with Gasteiger partial charge in [-0.3, -0.25) is 14.4 Å². The van der Waals surface area contributed by atoms with E-state index in [0.717, 1.165) is 36.8 Å². The van der Waals surface area contributed by atoms with E-state index in [1.165, 1.54) is 69.7 Å². The minimum absolute atomic E-state index is 0.130. The summed E-state index contributed by atoms with van der Waals surface area (Å²) in [7, 11) is -8.72. The van der Waals surface area contributed by atoms with Crippen molar-refractivity contribution in [3.8, 4) is 0 Å². The van der Waals surface area contributed by atoms with Crippen LogP contribution in [0.4, 0.5) is 0 Å². The van der Waals surface area contributed by atoms with Gasteiger partial charge in [0.1, 0.15) is 6.04 Å². The zero-order valence-electron chi connectivity index (χ0n) is 27.0. The molecule has 0 heterocycles. The van der Waals surface area contributed by atoms with Gasteiger partial charge in [-0.2, -0.15) is 0 Å². The average molecular weight is 661 g/mol. The third-order valence-corrected chi connectivity index (χ3v) is 10.8. The van der Waals surface area contributed by atoms with E-state index in [-0.39, 0.29) is 16.2 Å². The molecule has 0 aromatic heterocycles. The molecule has 2 rings (SSSR count). The Morgan fingerprint density at radius 3 is 1.60 bits per heavy atom. The zero-order valence-corrected chi connectivity index (χ0v) is 28.6. The number of nitrogens with zero attached hydrogens (tertiary/aromatic N) is 1. The van der Waals surface area contributed by atoms with Crippen molar-refractivity contribution in [3.05, 3.63) is 71.8 Å². The Labute approximate surface area is 269 Å². The summed E-state index contributed by atoms with van der Waals surface area (Å²) in [5, 5.41) is 0. The molecule has 0 aliphatic heterocycles. The highest BCUT2D eigenvalue weighted by Crippen LogP contribution is 2.24. The van der Waals surface area contributed by atoms with Crippen LogP contribution in [0, 0.1) is 13.8 Å². The number of carbonyl (C=O) groups excluding carboxylic acids is 3. The maximum absolute atomic E-state index is 13.7. The topological polar surface area (TPSA) is 135 Å². The number of amides is 2. The molecule has 11 heteroatoms. The van der Waals surface area contributed by atoms with Crippen LogP contribution in [-0.4, -0.2) is 44.8 Å². The molecular formula is C34H48N2O7S2. The second kappa shape index (κ2) is 18.6. The van der Waals surface area contributed by atoms with Crippen molar-refractivity contribution < 1.29 is 31.2 Å². The number of ketones is 1. The number of aryl methyl sites for hydroxylation is 2. The lowest BCUT2D eigenvalue weighted by Gasteiger charge is -2.28. The van der Waals surface area contributed by atoms with Crippen molar-refractivity contribution in [1.29, 1.82) is 0 Å². The molecule has 1 N–H and O–H groups in total. The molecule has 248 valence electrons. The maximum Gasteiger partial charge on any atom is 0.267 e. The van der Waals surface area contributed by atoms with Crippen LogP contribution in [0.3, 0.4) is 0 Å². The van der Waals surface area contributed by atoms with Gasteiger partial charge < -0.3 is 0 Å². The van der Waals surface area contributed by atoms with Crippen molar-refractivity contribution in [1.82, 2.24) is 9.03 Å². The van der Waals surface area contributed by atoms with Crippen molar-refractivity contribution in [2.45, 2.75) is 121 Å². The van der Waals surface area contributed by atoms with E-state index < -0.39 is 43.7 Å². The van der Waals surface area contributed by atoms with Crippen molar-refractivity contribution in [2.75, 3.05) is 0 Å². The van der Waals surface area contributed by atoms with Gasteiger partial charge in [0.2, 0.25) is 0 Å². The van der Waals surface area contributed by atoms with Crippen molar-refractivity contribution >= 4 is 37.6 Å². The monoisotopic (exact) mass is 660 g/mol. The van der Waals surface area contributed by atoms with Gasteiger partial charge in [0, 0.05) is 12.2 Å². The third-order valence-electron chi connectivity index (χ3n) is 7.57. The van der Waals surface area contributed by atoms with Crippen LogP contribution in [0.2, 0.25) is 0 Å². The fraction of sp³-hybridized carbons (Fsp3) is 0.500. The van der Waals surface area contributed by atoms with E-state index in [4.69, 9.17) is 0 Å². The van der Waals surface area contributed by atoms with Crippen LogP contribution < -0.4 is 4.72 Å². The number of hydrogen-bond acceptors (Lipinski definition) is 7. The highest BCUT2D eigenvalue weighted by molar-refractivity contribution is 7.90. The number of unbranched alkanes of at least 4 members (excludes halogenated alkanes) is 10. The molecule has 1 unspecified atom stereocenters. The number of rotatable bonds is 20. The maximum atomic E-state index is 13.7. The van der Waals surface area contributed by atoms with Gasteiger partial charge in [0.05, 0.1) is 9.79 Å². The molecule has 0 aliphatic carbocycles. The second-order valence-corrected chi connectivity index (χ2v) is 15.0. The minimum Gasteiger partial charge on any atom is -0.298 e. The molecule has 0 saturated carbocycles. The fourth-order valence-corrected chi connectivity index (χ4v) is 7.45. The van der Waals surface area contributed by atoms with Crippen LogP contribution in [0.25, 0.3) is 0 Å². The molecule has 0 fully saturated rings. The van der Waals surface area contributed by atoms with Crippen molar-refractivity contribution in [3.63, 3.8) is 0 Å². The van der Waals surface area contributed by atoms with Crippen LogP contribution >= 0.6 is 0 Å². The molecule has 0 radical (unpaired) electrons. The molecule has 9 nitrogen and oxygen atoms in total. The Morgan fingerprint density at radius 1 is 0.689 bits per heavy atom. The SMILES string of the molecule is CCCCCCCCCCCCCC(C(C)=O)N(C(=O)/C=C\C(=O)NS(=O)(=O)c1ccc(C)cc1)S(=O)(=O)c1ccc(C)cc1. The largest absolute Gasteiger partial charge is 0.298 e. The summed E-state index contributed by atoms with van der Waals surface area (Å²) in [6, 6.07) is 10.4. The molecule has 2 aromatic carbocycles. The Kier molecular flexibility index (Phi) is 15.7. The molecule has 0 aliphatic rings. The molecule has 2 aromatic rings. The number of carbonyl (C=O) groups is 3. The number of Topliss-reactive ketones (excluding diaryl/α,β-unsaturated/α-hetero) is 1. The second-order valence-electron chi connectivity index (χ2n) is 11.5. The fourth-order valence-electron chi connectivity index (χ4n) is 4.91. The summed E-state index contributed by atoms with van der Waals surface area (Å²) >= 11 is 0. The van der Waals surface area contributed by atoms with Gasteiger partial charge in [-0.05, 0) is 51.5 Å². The lowest BCUT2D eigenvalue weighted by molar-refractivity contribution is -0.130. The first-order valence-corrected chi connectivity index (χ1v) is 18.7. The summed E-state index contributed by atoms with van der Waals surface area (Å²) < 4.78 is 55.0. The predicted molar refractivity (Wildman–Crippen MR) is 176 cm³/mol. The van der Waals surface area contributed by atoms with Gasteiger partial charge in [-0.15, -0.1) is 0 Å². The van der Waals surface area contributed by atoms with E-state index in [1.54, 1.807) is 38.1 Å². The summed E-state index contributed by atoms with van der Waals surface area (Å²) in [6.45, 7) is 7.00. The summed E-state index contributed by atoms with van der Waals surface area (Å²) in [5.41, 5.74) is 1.64. The lowest BCUT2D eigenvalue weighted by Crippen LogP contribution is -2.47. The van der Waals surface area contributed by atoms with Crippen LogP contribution in [0.5, 0.6) is 0 Å². The summed E-state index contributed by atoms with van der Waals surface area (Å²) in [4.78, 5) is 38.4. The van der Waals surface area contributed by atoms with E-state index in [0.29, 0.717) is 22.9 Å². The summed E-state index contributed by atoms with van der Waals surface area (Å²) in [6.07, 6.45) is 13.3. The Bertz CT molecular complexity index is 1500.